The molecule has 0 aliphatic heterocycles. The molecule has 1 amide bonds. The van der Waals surface area contributed by atoms with Crippen molar-refractivity contribution in [3.05, 3.63) is 81.8 Å². The minimum absolute atomic E-state index is 0.0480. The summed E-state index contributed by atoms with van der Waals surface area (Å²) in [5.41, 5.74) is 3.20. The quantitative estimate of drug-likeness (QED) is 0.237. The van der Waals surface area contributed by atoms with E-state index in [0.717, 1.165) is 11.1 Å². The van der Waals surface area contributed by atoms with E-state index < -0.39 is 15.9 Å². The normalized spacial score (nSPS) is 11.0. The van der Waals surface area contributed by atoms with Gasteiger partial charge in [-0.2, -0.15) is 0 Å². The van der Waals surface area contributed by atoms with Crippen LogP contribution in [0.25, 0.3) is 0 Å². The van der Waals surface area contributed by atoms with Gasteiger partial charge in [-0.15, -0.1) is 0 Å². The second-order valence-corrected chi connectivity index (χ2v) is 10.8. The molecule has 0 aromatic heterocycles. The summed E-state index contributed by atoms with van der Waals surface area (Å²) in [4.78, 5) is 12.9. The first kappa shape index (κ1) is 27.6. The van der Waals surface area contributed by atoms with E-state index in [-0.39, 0.29) is 16.6 Å². The summed E-state index contributed by atoms with van der Waals surface area (Å²) in [6.45, 7) is 4.45. The summed E-state index contributed by atoms with van der Waals surface area (Å²) in [6, 6.07) is 16.6. The number of hydrogen-bond acceptors (Lipinski definition) is 6. The largest absolute Gasteiger partial charge is 0.490 e. The molecular formula is C25H26BrN3O5S2. The highest BCUT2D eigenvalue weighted by molar-refractivity contribution is 9.10. The lowest BCUT2D eigenvalue weighted by atomic mass is 10.1. The smallest absolute Gasteiger partial charge is 0.261 e. The van der Waals surface area contributed by atoms with Crippen LogP contribution in [0.15, 0.2) is 70.0 Å². The first-order chi connectivity index (χ1) is 17.1. The van der Waals surface area contributed by atoms with Gasteiger partial charge in [0.15, 0.2) is 5.11 Å². The number of hydrogen-bond donors (Lipinski definition) is 3. The molecule has 0 aliphatic rings. The highest BCUT2D eigenvalue weighted by Gasteiger charge is 2.17. The second kappa shape index (κ2) is 12.3. The lowest BCUT2D eigenvalue weighted by Crippen LogP contribution is -2.34. The maximum atomic E-state index is 12.8. The van der Waals surface area contributed by atoms with Gasteiger partial charge in [-0.05, 0) is 80.2 Å². The van der Waals surface area contributed by atoms with Crippen molar-refractivity contribution in [1.29, 1.82) is 0 Å². The van der Waals surface area contributed by atoms with Crippen LogP contribution < -0.4 is 20.1 Å². The monoisotopic (exact) mass is 591 g/mol. The molecule has 0 bridgehead atoms. The molecule has 0 fully saturated rings. The molecule has 0 atom stereocenters. The predicted molar refractivity (Wildman–Crippen MR) is 148 cm³/mol. The van der Waals surface area contributed by atoms with Gasteiger partial charge in [0.05, 0.1) is 22.8 Å². The number of benzene rings is 3. The molecule has 0 heterocycles. The maximum Gasteiger partial charge on any atom is 0.261 e. The molecular weight excluding hydrogens is 566 g/mol. The number of anilines is 2. The molecule has 0 spiro atoms. The van der Waals surface area contributed by atoms with Crippen molar-refractivity contribution >= 4 is 60.6 Å². The van der Waals surface area contributed by atoms with Crippen LogP contribution in [0.5, 0.6) is 5.75 Å². The number of rotatable bonds is 9. The zero-order valence-electron chi connectivity index (χ0n) is 19.9. The van der Waals surface area contributed by atoms with Crippen molar-refractivity contribution < 1.29 is 22.7 Å². The van der Waals surface area contributed by atoms with E-state index in [0.29, 0.717) is 33.8 Å². The van der Waals surface area contributed by atoms with E-state index >= 15 is 0 Å². The molecule has 3 aromatic carbocycles. The number of aryl methyl sites for hydroxylation is 2. The van der Waals surface area contributed by atoms with Crippen molar-refractivity contribution in [3.8, 4) is 5.75 Å². The van der Waals surface area contributed by atoms with Crippen molar-refractivity contribution in [2.45, 2.75) is 18.7 Å². The van der Waals surface area contributed by atoms with Gasteiger partial charge < -0.3 is 14.8 Å². The number of thiocarbonyl (C=S) groups is 1. The van der Waals surface area contributed by atoms with Gasteiger partial charge in [0.1, 0.15) is 12.4 Å². The van der Waals surface area contributed by atoms with E-state index in [1.165, 1.54) is 12.1 Å². The van der Waals surface area contributed by atoms with Crippen molar-refractivity contribution in [2.24, 2.45) is 0 Å². The van der Waals surface area contributed by atoms with Crippen LogP contribution in [0.4, 0.5) is 11.4 Å². The van der Waals surface area contributed by atoms with Crippen LogP contribution >= 0.6 is 28.1 Å². The van der Waals surface area contributed by atoms with Gasteiger partial charge in [0, 0.05) is 17.3 Å². The molecule has 11 heteroatoms. The Balaban J connectivity index is 1.65. The van der Waals surface area contributed by atoms with Crippen LogP contribution in [-0.4, -0.2) is 39.8 Å². The van der Waals surface area contributed by atoms with Gasteiger partial charge in [-0.3, -0.25) is 14.8 Å². The lowest BCUT2D eigenvalue weighted by molar-refractivity contribution is 0.0969. The zero-order chi connectivity index (χ0) is 26.3. The Hall–Kier alpha value is -2.99. The number of halogens is 1. The Morgan fingerprint density at radius 2 is 1.72 bits per heavy atom. The zero-order valence-corrected chi connectivity index (χ0v) is 23.1. The van der Waals surface area contributed by atoms with Crippen LogP contribution in [-0.2, 0) is 14.8 Å². The molecule has 0 radical (unpaired) electrons. The highest BCUT2D eigenvalue weighted by Crippen LogP contribution is 2.24. The maximum absolute atomic E-state index is 12.8. The number of ether oxygens (including phenoxy) is 2. The van der Waals surface area contributed by atoms with E-state index in [2.05, 4.69) is 31.3 Å². The third-order valence-electron chi connectivity index (χ3n) is 5.01. The summed E-state index contributed by atoms with van der Waals surface area (Å²) in [5.74, 6) is -0.0699. The number of sulfonamides is 1. The van der Waals surface area contributed by atoms with Gasteiger partial charge in [-0.25, -0.2) is 8.42 Å². The van der Waals surface area contributed by atoms with Gasteiger partial charge >= 0.3 is 0 Å². The Kier molecular flexibility index (Phi) is 9.43. The Morgan fingerprint density at radius 3 is 2.39 bits per heavy atom. The van der Waals surface area contributed by atoms with Gasteiger partial charge in [0.25, 0.3) is 15.9 Å². The minimum atomic E-state index is -3.78. The number of nitrogens with one attached hydrogen (secondary N) is 3. The molecule has 0 unspecified atom stereocenters. The van der Waals surface area contributed by atoms with Crippen LogP contribution in [0.2, 0.25) is 0 Å². The van der Waals surface area contributed by atoms with Crippen LogP contribution in [0.1, 0.15) is 21.5 Å². The first-order valence-electron chi connectivity index (χ1n) is 10.8. The van der Waals surface area contributed by atoms with Crippen LogP contribution in [0, 0.1) is 13.8 Å². The van der Waals surface area contributed by atoms with E-state index in [1.807, 2.05) is 26.0 Å². The van der Waals surface area contributed by atoms with Gasteiger partial charge in [0.2, 0.25) is 0 Å². The SMILES string of the molecule is COCCOc1ccc(Br)cc1C(=O)NC(=S)Nc1ccc(S(=O)(=O)Nc2ccc(C)cc2C)cc1. The van der Waals surface area contributed by atoms with Gasteiger partial charge in [-0.1, -0.05) is 33.6 Å². The third-order valence-corrected chi connectivity index (χ3v) is 7.09. The molecule has 3 aromatic rings. The fraction of sp³-hybridized carbons (Fsp3) is 0.200. The fourth-order valence-electron chi connectivity index (χ4n) is 3.22. The molecule has 8 nitrogen and oxygen atoms in total. The average molecular weight is 593 g/mol. The summed E-state index contributed by atoms with van der Waals surface area (Å²) in [6.07, 6.45) is 0. The topological polar surface area (TPSA) is 106 Å². The summed E-state index contributed by atoms with van der Waals surface area (Å²) < 4.78 is 39.5. The number of amides is 1. The Bertz CT molecular complexity index is 1360. The Morgan fingerprint density at radius 1 is 1.00 bits per heavy atom. The standard InChI is InChI=1S/C25H26BrN3O5S2/c1-16-4-10-22(17(2)14-16)29-36(31,32)20-8-6-19(7-9-20)27-25(35)28-24(30)21-15-18(26)5-11-23(21)34-13-12-33-3/h4-11,14-15,29H,12-13H2,1-3H3,(H2,27,28,30,35). The Labute approximate surface area is 224 Å². The number of carbonyl (C=O) groups is 1. The predicted octanol–water partition coefficient (Wildman–Crippen LogP) is 5.02. The molecule has 0 aliphatic carbocycles. The highest BCUT2D eigenvalue weighted by atomic mass is 79.9. The molecule has 0 saturated carbocycles. The summed E-state index contributed by atoms with van der Waals surface area (Å²) >= 11 is 8.62. The minimum Gasteiger partial charge on any atom is -0.490 e. The van der Waals surface area contributed by atoms with E-state index in [1.54, 1.807) is 43.5 Å². The molecule has 0 saturated heterocycles. The molecule has 3 rings (SSSR count). The van der Waals surface area contributed by atoms with Crippen LogP contribution in [0.3, 0.4) is 0 Å². The van der Waals surface area contributed by atoms with E-state index in [9.17, 15) is 13.2 Å². The molecule has 3 N–H and O–H groups in total. The lowest BCUT2D eigenvalue weighted by Gasteiger charge is -2.14. The van der Waals surface area contributed by atoms with Crippen molar-refractivity contribution in [1.82, 2.24) is 5.32 Å². The third kappa shape index (κ3) is 7.50. The van der Waals surface area contributed by atoms with E-state index in [4.69, 9.17) is 21.7 Å². The van der Waals surface area contributed by atoms with Crippen molar-refractivity contribution in [2.75, 3.05) is 30.4 Å². The molecule has 36 heavy (non-hydrogen) atoms. The van der Waals surface area contributed by atoms with Crippen molar-refractivity contribution in [3.63, 3.8) is 0 Å². The molecule has 190 valence electrons. The summed E-state index contributed by atoms with van der Waals surface area (Å²) in [7, 11) is -2.21. The number of methoxy groups -OCH3 is 1. The fourth-order valence-corrected chi connectivity index (χ4v) is 4.92. The average Bonchev–Trinajstić information content (AvgIpc) is 2.82. The second-order valence-electron chi connectivity index (χ2n) is 7.84. The number of carbonyl (C=O) groups excluding carboxylic acids is 1. The first-order valence-corrected chi connectivity index (χ1v) is 13.5. The summed E-state index contributed by atoms with van der Waals surface area (Å²) in [5, 5.41) is 5.54.